The molecule has 0 spiro atoms. The van der Waals surface area contributed by atoms with Crippen molar-refractivity contribution in [2.45, 2.75) is 418 Å². The Morgan fingerprint density at radius 1 is 0.342 bits per heavy atom. The molecule has 0 aliphatic rings. The lowest BCUT2D eigenvalue weighted by molar-refractivity contribution is -0.143. The molecule has 0 aromatic heterocycles. The summed E-state index contributed by atoms with van der Waals surface area (Å²) >= 11 is 0. The summed E-state index contributed by atoms with van der Waals surface area (Å²) in [5.41, 5.74) is 0. The Balaban J connectivity index is 3.33. The molecule has 0 radical (unpaired) electrons. The fraction of sp³-hybridized carbons (Fsp3) is 0.918. The Bertz CT molecular complexity index is 1230. The molecule has 6 nitrogen and oxygen atoms in total. The quantitative estimate of drug-likeness (QED) is 0.0320. The van der Waals surface area contributed by atoms with Crippen LogP contribution in [0, 0.1) is 0 Å². The molecule has 2 unspecified atom stereocenters. The minimum Gasteiger partial charge on any atom is -0.466 e. The summed E-state index contributed by atoms with van der Waals surface area (Å²) in [5.74, 6) is -0.0173. The fourth-order valence-corrected chi connectivity index (χ4v) is 11.5. The average molecular weight is 1110 g/mol. The maximum Gasteiger partial charge on any atom is 0.305 e. The third kappa shape index (κ3) is 65.4. The molecule has 1 amide bonds. The standard InChI is InChI=1S/C73H141NO5/c1-3-5-7-9-11-13-15-17-42-45-49-53-57-61-65-71(76)70(69-75)74-72(77)66-62-58-54-50-46-43-39-37-35-33-31-29-27-25-23-21-19-18-20-22-24-26-28-30-32-34-36-38-40-44-48-52-56-60-64-68-79-73(78)67-63-59-55-51-47-41-16-14-12-10-8-6-4-2/h14,16,20,22,70-71,75-76H,3-13,15,17-19,21,23-69H2,1-2H3,(H,74,77)/b16-14-,22-20-. The van der Waals surface area contributed by atoms with Gasteiger partial charge in [-0.1, -0.05) is 340 Å². The number of hydrogen-bond acceptors (Lipinski definition) is 5. The van der Waals surface area contributed by atoms with Crippen molar-refractivity contribution < 1.29 is 24.5 Å². The highest BCUT2D eigenvalue weighted by Gasteiger charge is 2.20. The Morgan fingerprint density at radius 2 is 0.595 bits per heavy atom. The van der Waals surface area contributed by atoms with Crippen LogP contribution in [0.3, 0.4) is 0 Å². The lowest BCUT2D eigenvalue weighted by Gasteiger charge is -2.22. The number of ether oxygens (including phenoxy) is 1. The molecule has 0 aromatic rings. The summed E-state index contributed by atoms with van der Waals surface area (Å²) < 4.78 is 5.48. The number of aliphatic hydroxyl groups is 2. The third-order valence-corrected chi connectivity index (χ3v) is 17.0. The molecule has 0 saturated carbocycles. The summed E-state index contributed by atoms with van der Waals surface area (Å²) in [6, 6.07) is -0.538. The van der Waals surface area contributed by atoms with Crippen molar-refractivity contribution in [3.63, 3.8) is 0 Å². The van der Waals surface area contributed by atoms with Gasteiger partial charge in [0.2, 0.25) is 5.91 Å². The van der Waals surface area contributed by atoms with Crippen LogP contribution in [-0.2, 0) is 14.3 Å². The number of amides is 1. The molecular formula is C73H141NO5. The maximum atomic E-state index is 12.5. The highest BCUT2D eigenvalue weighted by molar-refractivity contribution is 5.76. The summed E-state index contributed by atoms with van der Waals surface area (Å²) in [7, 11) is 0. The van der Waals surface area contributed by atoms with Crippen molar-refractivity contribution >= 4 is 11.9 Å². The number of carbonyl (C=O) groups excluding carboxylic acids is 2. The zero-order valence-corrected chi connectivity index (χ0v) is 53.6. The number of rotatable bonds is 68. The first-order valence-corrected chi connectivity index (χ1v) is 36.1. The van der Waals surface area contributed by atoms with Crippen molar-refractivity contribution in [1.82, 2.24) is 5.32 Å². The van der Waals surface area contributed by atoms with Gasteiger partial charge in [0.15, 0.2) is 0 Å². The van der Waals surface area contributed by atoms with Gasteiger partial charge in [0.1, 0.15) is 0 Å². The molecule has 468 valence electrons. The second-order valence-electron chi connectivity index (χ2n) is 24.9. The Hall–Kier alpha value is -1.66. The zero-order chi connectivity index (χ0) is 57.1. The highest BCUT2D eigenvalue weighted by Crippen LogP contribution is 2.19. The van der Waals surface area contributed by atoms with Crippen molar-refractivity contribution in [2.24, 2.45) is 0 Å². The molecule has 0 saturated heterocycles. The average Bonchev–Trinajstić information content (AvgIpc) is 3.45. The molecule has 0 aromatic carbocycles. The van der Waals surface area contributed by atoms with Gasteiger partial charge in [-0.3, -0.25) is 9.59 Å². The predicted molar refractivity (Wildman–Crippen MR) is 347 cm³/mol. The molecule has 79 heavy (non-hydrogen) atoms. The van der Waals surface area contributed by atoms with E-state index in [9.17, 15) is 19.8 Å². The number of carbonyl (C=O) groups is 2. The zero-order valence-electron chi connectivity index (χ0n) is 53.6. The lowest BCUT2D eigenvalue weighted by atomic mass is 10.0. The summed E-state index contributed by atoms with van der Waals surface area (Å²) in [6.45, 7) is 4.97. The first-order valence-electron chi connectivity index (χ1n) is 36.1. The van der Waals surface area contributed by atoms with Crippen LogP contribution in [0.2, 0.25) is 0 Å². The van der Waals surface area contributed by atoms with E-state index in [1.54, 1.807) is 0 Å². The highest BCUT2D eigenvalue weighted by atomic mass is 16.5. The van der Waals surface area contributed by atoms with Gasteiger partial charge in [-0.05, 0) is 77.0 Å². The van der Waals surface area contributed by atoms with Gasteiger partial charge in [0.25, 0.3) is 0 Å². The molecule has 0 heterocycles. The lowest BCUT2D eigenvalue weighted by Crippen LogP contribution is -2.45. The van der Waals surface area contributed by atoms with E-state index in [1.807, 2.05) is 0 Å². The van der Waals surface area contributed by atoms with Crippen LogP contribution in [0.1, 0.15) is 406 Å². The molecule has 0 aliphatic carbocycles. The number of allylic oxidation sites excluding steroid dienone is 4. The Labute approximate surface area is 494 Å². The summed E-state index contributed by atoms with van der Waals surface area (Å²) in [5, 5.41) is 23.3. The molecule has 3 N–H and O–H groups in total. The van der Waals surface area contributed by atoms with Gasteiger partial charge in [-0.25, -0.2) is 0 Å². The van der Waals surface area contributed by atoms with E-state index in [4.69, 9.17) is 4.74 Å². The maximum absolute atomic E-state index is 12.5. The first kappa shape index (κ1) is 77.3. The van der Waals surface area contributed by atoms with Crippen LogP contribution in [0.5, 0.6) is 0 Å². The van der Waals surface area contributed by atoms with Gasteiger partial charge in [-0.2, -0.15) is 0 Å². The topological polar surface area (TPSA) is 95.9 Å². The number of nitrogens with one attached hydrogen (secondary N) is 1. The second kappa shape index (κ2) is 68.8. The first-order chi connectivity index (χ1) is 39.0. The molecule has 6 heteroatoms. The number of aliphatic hydroxyl groups excluding tert-OH is 2. The number of unbranched alkanes of at least 4 members (excludes halogenated alkanes) is 53. The van der Waals surface area contributed by atoms with E-state index < -0.39 is 12.1 Å². The van der Waals surface area contributed by atoms with Crippen molar-refractivity contribution in [2.75, 3.05) is 13.2 Å². The molecule has 0 fully saturated rings. The number of esters is 1. The van der Waals surface area contributed by atoms with Gasteiger partial charge < -0.3 is 20.3 Å². The van der Waals surface area contributed by atoms with E-state index >= 15 is 0 Å². The van der Waals surface area contributed by atoms with Crippen molar-refractivity contribution in [3.05, 3.63) is 24.3 Å². The monoisotopic (exact) mass is 1110 g/mol. The van der Waals surface area contributed by atoms with Crippen LogP contribution >= 0.6 is 0 Å². The molecule has 0 bridgehead atoms. The third-order valence-electron chi connectivity index (χ3n) is 17.0. The van der Waals surface area contributed by atoms with Crippen LogP contribution < -0.4 is 5.32 Å². The van der Waals surface area contributed by atoms with E-state index in [0.29, 0.717) is 25.9 Å². The van der Waals surface area contributed by atoms with Crippen LogP contribution in [0.15, 0.2) is 24.3 Å². The van der Waals surface area contributed by atoms with Gasteiger partial charge >= 0.3 is 5.97 Å². The number of hydrogen-bond donors (Lipinski definition) is 3. The Morgan fingerprint density at radius 3 is 0.911 bits per heavy atom. The smallest absolute Gasteiger partial charge is 0.305 e. The van der Waals surface area contributed by atoms with Gasteiger partial charge in [0.05, 0.1) is 25.4 Å². The molecule has 0 aliphatic heterocycles. The predicted octanol–water partition coefficient (Wildman–Crippen LogP) is 23.3. The summed E-state index contributed by atoms with van der Waals surface area (Å²) in [4.78, 5) is 24.5. The second-order valence-corrected chi connectivity index (χ2v) is 24.9. The van der Waals surface area contributed by atoms with Crippen LogP contribution in [-0.4, -0.2) is 47.4 Å². The molecule has 0 rings (SSSR count). The molecular weight excluding hydrogens is 971 g/mol. The van der Waals surface area contributed by atoms with E-state index in [1.165, 1.54) is 327 Å². The van der Waals surface area contributed by atoms with Crippen molar-refractivity contribution in [3.8, 4) is 0 Å². The minimum atomic E-state index is -0.661. The van der Waals surface area contributed by atoms with Crippen molar-refractivity contribution in [1.29, 1.82) is 0 Å². The molecule has 2 atom stereocenters. The normalized spacial score (nSPS) is 12.6. The SMILES string of the molecule is CCCCCC/C=C\CCCCCCCC(=O)OCCCCCCCCCCCCCCCC/C=C\CCCCCCCCCCCCCCCCCCCC(=O)NC(CO)C(O)CCCCCCCCCCCCCCCC. The van der Waals surface area contributed by atoms with Crippen LogP contribution in [0.4, 0.5) is 0 Å². The van der Waals surface area contributed by atoms with E-state index in [-0.39, 0.29) is 18.5 Å². The van der Waals surface area contributed by atoms with Gasteiger partial charge in [-0.15, -0.1) is 0 Å². The fourth-order valence-electron chi connectivity index (χ4n) is 11.5. The van der Waals surface area contributed by atoms with Crippen LogP contribution in [0.25, 0.3) is 0 Å². The Kier molecular flexibility index (Phi) is 67.4. The van der Waals surface area contributed by atoms with Gasteiger partial charge in [0, 0.05) is 12.8 Å². The van der Waals surface area contributed by atoms with E-state index in [2.05, 4.69) is 43.5 Å². The largest absolute Gasteiger partial charge is 0.466 e. The van der Waals surface area contributed by atoms with E-state index in [0.717, 1.165) is 44.9 Å². The summed E-state index contributed by atoms with van der Waals surface area (Å²) in [6.07, 6.45) is 86.7. The minimum absolute atomic E-state index is 0.0114.